The molecule has 1 aliphatic heterocycles. The molecule has 0 saturated carbocycles. The van der Waals surface area contributed by atoms with Crippen molar-refractivity contribution in [3.63, 3.8) is 0 Å². The van der Waals surface area contributed by atoms with Crippen LogP contribution < -0.4 is 4.74 Å². The van der Waals surface area contributed by atoms with E-state index in [9.17, 15) is 23.7 Å². The molecule has 2 aromatic carbocycles. The number of likely N-dealkylation sites (tertiary alicyclic amines) is 1. The van der Waals surface area contributed by atoms with E-state index in [1.807, 2.05) is 0 Å². The van der Waals surface area contributed by atoms with Gasteiger partial charge in [0, 0.05) is 44.1 Å². The first-order valence-electron chi connectivity index (χ1n) is 9.91. The van der Waals surface area contributed by atoms with Crippen molar-refractivity contribution in [1.82, 2.24) is 19.9 Å². The number of rotatable bonds is 5. The minimum atomic E-state index is -0.767. The van der Waals surface area contributed by atoms with Crippen molar-refractivity contribution >= 4 is 11.6 Å². The molecule has 166 valence electrons. The van der Waals surface area contributed by atoms with Crippen LogP contribution in [0.25, 0.3) is 5.69 Å². The summed E-state index contributed by atoms with van der Waals surface area (Å²) in [7, 11) is 0. The number of aromatic nitrogens is 3. The third-order valence-electron chi connectivity index (χ3n) is 5.30. The largest absolute Gasteiger partial charge is 0.487 e. The monoisotopic (exact) mass is 443 g/mol. The lowest BCUT2D eigenvalue weighted by molar-refractivity contribution is -0.384. The number of carbonyl (C=O) groups is 1. The van der Waals surface area contributed by atoms with Gasteiger partial charge in [-0.3, -0.25) is 14.9 Å². The summed E-state index contributed by atoms with van der Waals surface area (Å²) in [5, 5.41) is 19.0. The molecule has 1 amide bonds. The molecule has 1 aromatic heterocycles. The summed E-state index contributed by atoms with van der Waals surface area (Å²) < 4.78 is 33.9. The van der Waals surface area contributed by atoms with Gasteiger partial charge < -0.3 is 9.64 Å². The molecule has 1 fully saturated rings. The van der Waals surface area contributed by atoms with E-state index >= 15 is 0 Å². The fourth-order valence-electron chi connectivity index (χ4n) is 3.59. The van der Waals surface area contributed by atoms with E-state index in [0.29, 0.717) is 37.3 Å². The van der Waals surface area contributed by atoms with Gasteiger partial charge in [-0.25, -0.2) is 13.5 Å². The second kappa shape index (κ2) is 8.69. The van der Waals surface area contributed by atoms with Crippen molar-refractivity contribution < 1.29 is 23.2 Å². The van der Waals surface area contributed by atoms with Crippen molar-refractivity contribution in [1.29, 1.82) is 0 Å². The van der Waals surface area contributed by atoms with Crippen molar-refractivity contribution in [2.45, 2.75) is 25.9 Å². The fourth-order valence-corrected chi connectivity index (χ4v) is 3.59. The van der Waals surface area contributed by atoms with E-state index in [2.05, 4.69) is 10.3 Å². The number of hydrogen-bond donors (Lipinski definition) is 0. The Kier molecular flexibility index (Phi) is 5.80. The topological polar surface area (TPSA) is 103 Å². The molecule has 32 heavy (non-hydrogen) atoms. The van der Waals surface area contributed by atoms with E-state index in [0.717, 1.165) is 12.1 Å². The van der Waals surface area contributed by atoms with Gasteiger partial charge in [0.2, 0.25) is 0 Å². The van der Waals surface area contributed by atoms with Gasteiger partial charge in [0.05, 0.1) is 16.3 Å². The number of non-ortho nitro benzene ring substituents is 1. The van der Waals surface area contributed by atoms with Crippen LogP contribution in [0.5, 0.6) is 5.75 Å². The zero-order chi connectivity index (χ0) is 22.8. The number of hydrogen-bond acceptors (Lipinski definition) is 6. The molecule has 1 saturated heterocycles. The maximum absolute atomic E-state index is 13.8. The molecule has 0 aliphatic carbocycles. The summed E-state index contributed by atoms with van der Waals surface area (Å²) in [4.78, 5) is 25.1. The lowest BCUT2D eigenvalue weighted by Gasteiger charge is -2.31. The van der Waals surface area contributed by atoms with Crippen LogP contribution in [0.4, 0.5) is 14.5 Å². The molecule has 2 heterocycles. The van der Waals surface area contributed by atoms with Gasteiger partial charge in [0.25, 0.3) is 11.6 Å². The Balaban J connectivity index is 1.43. The summed E-state index contributed by atoms with van der Waals surface area (Å²) in [5.41, 5.74) is 0.948. The average molecular weight is 443 g/mol. The highest BCUT2D eigenvalue weighted by Gasteiger charge is 2.28. The van der Waals surface area contributed by atoms with Crippen LogP contribution in [-0.2, 0) is 0 Å². The predicted molar refractivity (Wildman–Crippen MR) is 109 cm³/mol. The van der Waals surface area contributed by atoms with E-state index < -0.39 is 16.6 Å². The lowest BCUT2D eigenvalue weighted by Crippen LogP contribution is -2.42. The smallest absolute Gasteiger partial charge is 0.276 e. The van der Waals surface area contributed by atoms with E-state index in [4.69, 9.17) is 4.74 Å². The van der Waals surface area contributed by atoms with Crippen LogP contribution in [-0.4, -0.2) is 49.9 Å². The molecular formula is C21H19F2N5O4. The molecule has 9 nitrogen and oxygen atoms in total. The summed E-state index contributed by atoms with van der Waals surface area (Å²) in [5.74, 6) is -1.78. The van der Waals surface area contributed by atoms with Crippen LogP contribution in [0, 0.1) is 28.7 Å². The van der Waals surface area contributed by atoms with Gasteiger partial charge in [-0.15, -0.1) is 5.10 Å². The van der Waals surface area contributed by atoms with Crippen LogP contribution >= 0.6 is 0 Å². The molecular weight excluding hydrogens is 424 g/mol. The molecule has 3 aromatic rings. The molecule has 11 heteroatoms. The Morgan fingerprint density at radius 2 is 1.94 bits per heavy atom. The van der Waals surface area contributed by atoms with Crippen LogP contribution in [0.2, 0.25) is 0 Å². The maximum atomic E-state index is 13.8. The molecule has 0 spiro atoms. The van der Waals surface area contributed by atoms with Gasteiger partial charge >= 0.3 is 0 Å². The van der Waals surface area contributed by atoms with E-state index in [1.54, 1.807) is 17.9 Å². The number of nitrogens with zero attached hydrogens (tertiary/aromatic N) is 5. The first-order chi connectivity index (χ1) is 15.3. The number of piperidine rings is 1. The van der Waals surface area contributed by atoms with Gasteiger partial charge in [0.1, 0.15) is 11.9 Å². The fraction of sp³-hybridized carbons (Fsp3) is 0.286. The lowest BCUT2D eigenvalue weighted by atomic mass is 10.1. The van der Waals surface area contributed by atoms with E-state index in [-0.39, 0.29) is 29.1 Å². The third kappa shape index (κ3) is 4.27. The molecule has 0 unspecified atom stereocenters. The van der Waals surface area contributed by atoms with Crippen molar-refractivity contribution in [2.75, 3.05) is 13.1 Å². The Morgan fingerprint density at radius 3 is 2.62 bits per heavy atom. The number of halogens is 2. The van der Waals surface area contributed by atoms with Crippen molar-refractivity contribution in [2.24, 2.45) is 0 Å². The zero-order valence-electron chi connectivity index (χ0n) is 17.1. The van der Waals surface area contributed by atoms with Crippen LogP contribution in [0.3, 0.4) is 0 Å². The second-order valence-electron chi connectivity index (χ2n) is 7.40. The first kappa shape index (κ1) is 21.3. The molecule has 0 atom stereocenters. The summed E-state index contributed by atoms with van der Waals surface area (Å²) in [6, 6.07) is 9.04. The van der Waals surface area contributed by atoms with Crippen molar-refractivity contribution in [3.05, 3.63) is 75.6 Å². The molecule has 4 rings (SSSR count). The molecule has 0 N–H and O–H groups in total. The normalized spacial score (nSPS) is 14.4. The molecule has 0 radical (unpaired) electrons. The summed E-state index contributed by atoms with van der Waals surface area (Å²) >= 11 is 0. The Hall–Kier alpha value is -3.89. The highest BCUT2D eigenvalue weighted by molar-refractivity contribution is 5.93. The molecule has 0 bridgehead atoms. The summed E-state index contributed by atoms with van der Waals surface area (Å²) in [6.07, 6.45) is 0.641. The Morgan fingerprint density at radius 1 is 1.19 bits per heavy atom. The average Bonchev–Trinajstić information content (AvgIpc) is 3.17. The minimum Gasteiger partial charge on any atom is -0.487 e. The zero-order valence-corrected chi connectivity index (χ0v) is 17.1. The Bertz CT molecular complexity index is 1170. The number of ether oxygens (including phenoxy) is 1. The molecule has 1 aliphatic rings. The van der Waals surface area contributed by atoms with Crippen LogP contribution in [0.15, 0.2) is 42.5 Å². The second-order valence-corrected chi connectivity index (χ2v) is 7.40. The minimum absolute atomic E-state index is 0.0214. The highest BCUT2D eigenvalue weighted by atomic mass is 19.1. The maximum Gasteiger partial charge on any atom is 0.276 e. The standard InChI is InChI=1S/C21H19F2N5O4/c1-13-20(24-25-27(13)15-3-2-4-16(12-15)28(30)31)21(29)26-9-7-17(8-10-26)32-19-6-5-14(22)11-18(19)23/h2-6,11-12,17H,7-10H2,1H3. The highest BCUT2D eigenvalue weighted by Crippen LogP contribution is 2.24. The quantitative estimate of drug-likeness (QED) is 0.442. The Labute approximate surface area is 181 Å². The number of nitro benzene ring substituents is 1. The predicted octanol–water partition coefficient (Wildman–Crippen LogP) is 3.45. The van der Waals surface area contributed by atoms with Gasteiger partial charge in [-0.2, -0.15) is 0 Å². The number of benzene rings is 2. The van der Waals surface area contributed by atoms with Crippen molar-refractivity contribution in [3.8, 4) is 11.4 Å². The summed E-state index contributed by atoms with van der Waals surface area (Å²) in [6.45, 7) is 2.41. The third-order valence-corrected chi connectivity index (χ3v) is 5.30. The SMILES string of the molecule is Cc1c(C(=O)N2CCC(Oc3ccc(F)cc3F)CC2)nnn1-c1cccc([N+](=O)[O-])c1. The van der Waals surface area contributed by atoms with Gasteiger partial charge in [-0.05, 0) is 25.1 Å². The van der Waals surface area contributed by atoms with Crippen LogP contribution in [0.1, 0.15) is 29.0 Å². The number of carbonyl (C=O) groups excluding carboxylic acids is 1. The van der Waals surface area contributed by atoms with Gasteiger partial charge in [0.15, 0.2) is 17.3 Å². The first-order valence-corrected chi connectivity index (χ1v) is 9.91. The number of nitro groups is 1. The number of amides is 1. The van der Waals surface area contributed by atoms with E-state index in [1.165, 1.54) is 28.9 Å². The van der Waals surface area contributed by atoms with Gasteiger partial charge in [-0.1, -0.05) is 11.3 Å².